The number of halogens is 1. The number of para-hydroxylation sites is 1. The Morgan fingerprint density at radius 2 is 2.06 bits per heavy atom. The maximum atomic E-state index is 13.8. The molecule has 188 valence electrons. The summed E-state index contributed by atoms with van der Waals surface area (Å²) in [5.74, 6) is 0.377. The van der Waals surface area contributed by atoms with Gasteiger partial charge in [0.2, 0.25) is 0 Å². The lowest BCUT2D eigenvalue weighted by Gasteiger charge is -2.26. The van der Waals surface area contributed by atoms with Gasteiger partial charge in [-0.25, -0.2) is 9.79 Å². The number of benzene rings is 2. The fraction of sp³-hybridized carbons (Fsp3) is 0.269. The van der Waals surface area contributed by atoms with Crippen molar-refractivity contribution in [2.45, 2.75) is 26.3 Å². The van der Waals surface area contributed by atoms with E-state index >= 15 is 0 Å². The maximum Gasteiger partial charge on any atom is 0.338 e. The van der Waals surface area contributed by atoms with Crippen LogP contribution in [0.4, 0.5) is 0 Å². The lowest BCUT2D eigenvalue weighted by atomic mass is 9.94. The number of thiazole rings is 1. The molecule has 0 fully saturated rings. The summed E-state index contributed by atoms with van der Waals surface area (Å²) >= 11 is 4.57. The van der Waals surface area contributed by atoms with E-state index in [1.165, 1.54) is 30.1 Å². The van der Waals surface area contributed by atoms with Crippen LogP contribution in [0.2, 0.25) is 0 Å². The van der Waals surface area contributed by atoms with Crippen LogP contribution in [0.3, 0.4) is 0 Å². The molecule has 1 aliphatic rings. The average Bonchev–Trinajstić information content (AvgIpc) is 3.17. The Hall–Kier alpha value is -3.37. The van der Waals surface area contributed by atoms with Crippen molar-refractivity contribution in [1.82, 2.24) is 4.57 Å². The zero-order valence-electron chi connectivity index (χ0n) is 20.2. The smallest absolute Gasteiger partial charge is 0.338 e. The molecule has 2 heterocycles. The molecule has 1 aliphatic heterocycles. The molecule has 0 radical (unpaired) electrons. The summed E-state index contributed by atoms with van der Waals surface area (Å²) in [7, 11) is 2.83. The van der Waals surface area contributed by atoms with E-state index in [1.54, 1.807) is 49.4 Å². The topological polar surface area (TPSA) is 99.4 Å². The first-order chi connectivity index (χ1) is 17.3. The number of phenols is 1. The predicted octanol–water partition coefficient (Wildman–Crippen LogP) is 3.67. The van der Waals surface area contributed by atoms with Crippen molar-refractivity contribution < 1.29 is 24.1 Å². The monoisotopic (exact) mass is 572 g/mol. The van der Waals surface area contributed by atoms with Crippen LogP contribution in [-0.2, 0) is 9.53 Å². The van der Waals surface area contributed by atoms with Crippen LogP contribution in [0, 0.1) is 0 Å². The van der Waals surface area contributed by atoms with E-state index in [0.29, 0.717) is 44.3 Å². The van der Waals surface area contributed by atoms with E-state index in [1.807, 2.05) is 6.92 Å². The van der Waals surface area contributed by atoms with Gasteiger partial charge in [0.25, 0.3) is 5.56 Å². The highest BCUT2D eigenvalue weighted by molar-refractivity contribution is 9.10. The summed E-state index contributed by atoms with van der Waals surface area (Å²) in [5, 5.41) is 10.3. The zero-order chi connectivity index (χ0) is 26.0. The summed E-state index contributed by atoms with van der Waals surface area (Å²) in [6.45, 7) is 4.12. The molecule has 0 saturated heterocycles. The number of hydrogen-bond donors (Lipinski definition) is 1. The maximum absolute atomic E-state index is 13.8. The number of carbonyl (C=O) groups excluding carboxylic acids is 1. The number of aromatic nitrogens is 1. The minimum Gasteiger partial charge on any atom is -0.507 e. The van der Waals surface area contributed by atoms with Gasteiger partial charge >= 0.3 is 5.97 Å². The number of allylic oxidation sites excluding steroid dienone is 1. The first-order valence-electron chi connectivity index (χ1n) is 11.2. The van der Waals surface area contributed by atoms with Crippen LogP contribution in [-0.4, -0.2) is 36.5 Å². The minimum atomic E-state index is -0.853. The average molecular weight is 573 g/mol. The Balaban J connectivity index is 2.03. The highest BCUT2D eigenvalue weighted by Gasteiger charge is 2.35. The molecular weight excluding hydrogens is 548 g/mol. The molecule has 10 heteroatoms. The fourth-order valence-corrected chi connectivity index (χ4v) is 5.45. The van der Waals surface area contributed by atoms with E-state index in [0.717, 1.165) is 10.9 Å². The van der Waals surface area contributed by atoms with Crippen LogP contribution in [0.5, 0.6) is 17.2 Å². The number of hydrogen-bond acceptors (Lipinski definition) is 8. The van der Waals surface area contributed by atoms with Crippen molar-refractivity contribution in [3.05, 3.63) is 83.0 Å². The van der Waals surface area contributed by atoms with Gasteiger partial charge in [-0.05, 0) is 43.7 Å². The first kappa shape index (κ1) is 25.7. The normalized spacial score (nSPS) is 15.4. The molecule has 3 aromatic rings. The third-order valence-corrected chi connectivity index (χ3v) is 7.15. The molecule has 0 bridgehead atoms. The highest BCUT2D eigenvalue weighted by atomic mass is 79.9. The lowest BCUT2D eigenvalue weighted by molar-refractivity contribution is -0.136. The summed E-state index contributed by atoms with van der Waals surface area (Å²) in [6.07, 6.45) is 2.37. The summed E-state index contributed by atoms with van der Waals surface area (Å²) in [4.78, 5) is 31.7. The minimum absolute atomic E-state index is 0.0371. The van der Waals surface area contributed by atoms with Gasteiger partial charge in [0.1, 0.15) is 11.8 Å². The van der Waals surface area contributed by atoms with Crippen molar-refractivity contribution in [1.29, 1.82) is 0 Å². The van der Waals surface area contributed by atoms with E-state index in [9.17, 15) is 14.7 Å². The number of phenolic OH excluding ortho intramolecular Hbond substituents is 1. The largest absolute Gasteiger partial charge is 0.507 e. The molecule has 8 nitrogen and oxygen atoms in total. The first-order valence-corrected chi connectivity index (χ1v) is 12.8. The second-order valence-electron chi connectivity index (χ2n) is 8.00. The number of carbonyl (C=O) groups is 1. The van der Waals surface area contributed by atoms with Crippen molar-refractivity contribution in [2.75, 3.05) is 20.8 Å². The van der Waals surface area contributed by atoms with Gasteiger partial charge in [-0.15, -0.1) is 0 Å². The number of aromatic hydroxyl groups is 1. The molecular formula is C26H25BrN2O6S. The lowest BCUT2D eigenvalue weighted by Crippen LogP contribution is -2.40. The Bertz CT molecular complexity index is 1540. The standard InChI is InChI=1S/C26H25BrN2O6S/c1-5-11-35-23-17(7-6-8-19(23)33-3)22-21(25(32)34-4)14(2)28-26-29(22)24(31)20(36-26)13-15-12-16(27)9-10-18(15)30/h6-10,12-13,22,30H,5,11H2,1-4H3/b20-13+. The van der Waals surface area contributed by atoms with Gasteiger partial charge in [-0.3, -0.25) is 9.36 Å². The van der Waals surface area contributed by atoms with Crippen LogP contribution in [0.15, 0.2) is 61.9 Å². The van der Waals surface area contributed by atoms with Crippen LogP contribution >= 0.6 is 27.3 Å². The number of esters is 1. The Morgan fingerprint density at radius 3 is 2.75 bits per heavy atom. The van der Waals surface area contributed by atoms with Gasteiger partial charge in [0.05, 0.1) is 36.6 Å². The fourth-order valence-electron chi connectivity index (χ4n) is 4.04. The number of methoxy groups -OCH3 is 2. The summed E-state index contributed by atoms with van der Waals surface area (Å²) < 4.78 is 19.3. The molecule has 2 aromatic carbocycles. The molecule has 1 atom stereocenters. The van der Waals surface area contributed by atoms with Gasteiger partial charge in [-0.1, -0.05) is 46.3 Å². The Kier molecular flexibility index (Phi) is 7.65. The summed E-state index contributed by atoms with van der Waals surface area (Å²) in [6, 6.07) is 9.47. The van der Waals surface area contributed by atoms with Gasteiger partial charge < -0.3 is 19.3 Å². The Morgan fingerprint density at radius 1 is 1.28 bits per heavy atom. The van der Waals surface area contributed by atoms with Crippen LogP contribution in [0.25, 0.3) is 6.08 Å². The van der Waals surface area contributed by atoms with E-state index in [2.05, 4.69) is 20.9 Å². The Labute approximate surface area is 219 Å². The number of nitrogens with zero attached hydrogens (tertiary/aromatic N) is 2. The van der Waals surface area contributed by atoms with Crippen LogP contribution < -0.4 is 24.4 Å². The highest BCUT2D eigenvalue weighted by Crippen LogP contribution is 2.40. The van der Waals surface area contributed by atoms with Gasteiger partial charge in [0, 0.05) is 15.6 Å². The van der Waals surface area contributed by atoms with Crippen molar-refractivity contribution in [3.8, 4) is 17.2 Å². The van der Waals surface area contributed by atoms with E-state index in [4.69, 9.17) is 14.2 Å². The third kappa shape index (κ3) is 4.70. The summed E-state index contributed by atoms with van der Waals surface area (Å²) in [5.41, 5.74) is 1.37. The second kappa shape index (κ2) is 10.7. The van der Waals surface area contributed by atoms with Gasteiger partial charge in [-0.2, -0.15) is 0 Å². The van der Waals surface area contributed by atoms with Crippen LogP contribution in [0.1, 0.15) is 37.4 Å². The number of fused-ring (bicyclic) bond motifs is 1. The molecule has 0 aliphatic carbocycles. The quantitative estimate of drug-likeness (QED) is 0.434. The molecule has 0 amide bonds. The number of ether oxygens (including phenoxy) is 3. The zero-order valence-corrected chi connectivity index (χ0v) is 22.6. The van der Waals surface area contributed by atoms with Crippen molar-refractivity contribution in [2.24, 2.45) is 4.99 Å². The predicted molar refractivity (Wildman–Crippen MR) is 140 cm³/mol. The molecule has 0 saturated carbocycles. The third-order valence-electron chi connectivity index (χ3n) is 5.68. The van der Waals surface area contributed by atoms with Gasteiger partial charge in [0.15, 0.2) is 16.3 Å². The molecule has 1 aromatic heterocycles. The molecule has 36 heavy (non-hydrogen) atoms. The van der Waals surface area contributed by atoms with Crippen molar-refractivity contribution in [3.63, 3.8) is 0 Å². The SMILES string of the molecule is CCCOc1c(OC)cccc1C1C(C(=O)OC)=C(C)N=c2s/c(=C/c3cc(Br)ccc3O)c(=O)n21. The van der Waals surface area contributed by atoms with E-state index in [-0.39, 0.29) is 16.9 Å². The second-order valence-corrected chi connectivity index (χ2v) is 9.93. The van der Waals surface area contributed by atoms with Crippen molar-refractivity contribution >= 4 is 39.3 Å². The molecule has 4 rings (SSSR count). The number of rotatable bonds is 7. The molecule has 1 N–H and O–H groups in total. The molecule has 1 unspecified atom stereocenters. The van der Waals surface area contributed by atoms with E-state index < -0.39 is 12.0 Å². The molecule has 0 spiro atoms.